The Morgan fingerprint density at radius 3 is 2.37 bits per heavy atom. The molecule has 3 rings (SSSR count). The predicted octanol–water partition coefficient (Wildman–Crippen LogP) is 6.16. The van der Waals surface area contributed by atoms with Crippen LogP contribution >= 0.6 is 0 Å². The number of hydrogen-bond donors (Lipinski definition) is 1. The van der Waals surface area contributed by atoms with Gasteiger partial charge in [0.25, 0.3) is 0 Å². The number of carboxylic acids is 1. The zero-order valence-corrected chi connectivity index (χ0v) is 19.0. The van der Waals surface area contributed by atoms with Gasteiger partial charge < -0.3 is 14.7 Å². The van der Waals surface area contributed by atoms with E-state index in [0.717, 1.165) is 17.7 Å². The number of benzene rings is 2. The van der Waals surface area contributed by atoms with E-state index >= 15 is 0 Å². The average molecular weight is 491 g/mol. The van der Waals surface area contributed by atoms with Crippen molar-refractivity contribution in [2.75, 3.05) is 6.54 Å². The standard InChI is InChI=1S/C26H25F4NO4/c1-2-31(24(34)35-17-18-8-4-3-5-9-18)16-20-10-6-7-11-22(20)19-12-13-25(27,26(28,29)30)21(14-19)15-23(32)33/h3-14,21H,2,15-17H2,1H3,(H,32,33). The Hall–Kier alpha value is -3.62. The van der Waals surface area contributed by atoms with Crippen LogP contribution in [-0.2, 0) is 22.7 Å². The maximum atomic E-state index is 14.9. The van der Waals surface area contributed by atoms with Gasteiger partial charge >= 0.3 is 18.2 Å². The van der Waals surface area contributed by atoms with E-state index in [1.165, 1.54) is 4.90 Å². The monoisotopic (exact) mass is 491 g/mol. The summed E-state index contributed by atoms with van der Waals surface area (Å²) >= 11 is 0. The number of amides is 1. The molecule has 9 heteroatoms. The first-order valence-corrected chi connectivity index (χ1v) is 11.0. The molecule has 1 amide bonds. The second-order valence-corrected chi connectivity index (χ2v) is 8.14. The molecule has 1 aliphatic rings. The molecular formula is C26H25F4NO4. The topological polar surface area (TPSA) is 66.8 Å². The number of hydrogen-bond acceptors (Lipinski definition) is 3. The summed E-state index contributed by atoms with van der Waals surface area (Å²) in [7, 11) is 0. The Morgan fingerprint density at radius 2 is 1.74 bits per heavy atom. The van der Waals surface area contributed by atoms with Crippen LogP contribution < -0.4 is 0 Å². The molecule has 0 saturated carbocycles. The van der Waals surface area contributed by atoms with Crippen LogP contribution in [0.1, 0.15) is 30.0 Å². The highest BCUT2D eigenvalue weighted by molar-refractivity contribution is 5.79. The fraction of sp³-hybridized carbons (Fsp3) is 0.308. The molecule has 0 bridgehead atoms. The summed E-state index contributed by atoms with van der Waals surface area (Å²) in [5.74, 6) is -3.48. The molecule has 1 N–H and O–H groups in total. The Labute approximate surface area is 200 Å². The van der Waals surface area contributed by atoms with Crippen LogP contribution in [0.25, 0.3) is 5.57 Å². The molecule has 0 radical (unpaired) electrons. The number of halogens is 4. The lowest BCUT2D eigenvalue weighted by molar-refractivity contribution is -0.225. The lowest BCUT2D eigenvalue weighted by Gasteiger charge is -2.33. The van der Waals surface area contributed by atoms with Crippen molar-refractivity contribution in [1.29, 1.82) is 0 Å². The molecule has 0 aliphatic heterocycles. The van der Waals surface area contributed by atoms with Crippen LogP contribution in [0.4, 0.5) is 22.4 Å². The summed E-state index contributed by atoms with van der Waals surface area (Å²) in [5, 5.41) is 9.07. The van der Waals surface area contributed by atoms with Crippen LogP contribution in [0.5, 0.6) is 0 Å². The molecule has 186 valence electrons. The maximum Gasteiger partial charge on any atom is 0.426 e. The van der Waals surface area contributed by atoms with E-state index in [0.29, 0.717) is 23.7 Å². The van der Waals surface area contributed by atoms with Crippen LogP contribution in [0, 0.1) is 5.92 Å². The zero-order chi connectivity index (χ0) is 25.6. The van der Waals surface area contributed by atoms with Gasteiger partial charge in [0, 0.05) is 19.0 Å². The lowest BCUT2D eigenvalue weighted by Crippen LogP contribution is -2.47. The third kappa shape index (κ3) is 6.09. The number of aliphatic carboxylic acids is 1. The minimum Gasteiger partial charge on any atom is -0.481 e. The molecule has 0 saturated heterocycles. The van der Waals surface area contributed by atoms with Gasteiger partial charge in [0.1, 0.15) is 6.61 Å². The number of carbonyl (C=O) groups is 2. The van der Waals surface area contributed by atoms with Gasteiger partial charge in [0.05, 0.1) is 6.42 Å². The molecule has 0 heterocycles. The fourth-order valence-electron chi connectivity index (χ4n) is 3.87. The molecule has 0 spiro atoms. The highest BCUT2D eigenvalue weighted by Crippen LogP contribution is 2.47. The Balaban J connectivity index is 1.84. The van der Waals surface area contributed by atoms with E-state index in [2.05, 4.69) is 0 Å². The second-order valence-electron chi connectivity index (χ2n) is 8.14. The van der Waals surface area contributed by atoms with E-state index in [4.69, 9.17) is 9.84 Å². The molecule has 0 aromatic heterocycles. The summed E-state index contributed by atoms with van der Waals surface area (Å²) in [4.78, 5) is 25.2. The number of carbonyl (C=O) groups excluding carboxylic acids is 1. The van der Waals surface area contributed by atoms with Crippen molar-refractivity contribution >= 4 is 17.6 Å². The Morgan fingerprint density at radius 1 is 1.09 bits per heavy atom. The van der Waals surface area contributed by atoms with Gasteiger partial charge in [-0.15, -0.1) is 0 Å². The summed E-state index contributed by atoms with van der Waals surface area (Å²) in [6, 6.07) is 15.8. The smallest absolute Gasteiger partial charge is 0.426 e. The number of carboxylic acid groups (broad SMARTS) is 1. The van der Waals surface area contributed by atoms with Gasteiger partial charge in [0.2, 0.25) is 5.67 Å². The van der Waals surface area contributed by atoms with Crippen LogP contribution in [0.2, 0.25) is 0 Å². The molecule has 2 aromatic rings. The summed E-state index contributed by atoms with van der Waals surface area (Å²) < 4.78 is 60.6. The van der Waals surface area contributed by atoms with E-state index in [1.807, 2.05) is 30.3 Å². The Kier molecular flexibility index (Phi) is 7.99. The summed E-state index contributed by atoms with van der Waals surface area (Å²) in [6.07, 6.45) is -4.48. The van der Waals surface area contributed by atoms with Crippen molar-refractivity contribution in [2.24, 2.45) is 5.92 Å². The molecule has 5 nitrogen and oxygen atoms in total. The van der Waals surface area contributed by atoms with Crippen molar-refractivity contribution in [1.82, 2.24) is 4.90 Å². The first-order chi connectivity index (χ1) is 16.5. The predicted molar refractivity (Wildman–Crippen MR) is 122 cm³/mol. The molecule has 0 fully saturated rings. The van der Waals surface area contributed by atoms with Crippen molar-refractivity contribution < 1.29 is 37.0 Å². The summed E-state index contributed by atoms with van der Waals surface area (Å²) in [6.45, 7) is 2.24. The number of alkyl halides is 4. The SMILES string of the molecule is CCN(Cc1ccccc1C1=CC(CC(=O)O)C(F)(C(F)(F)F)C=C1)C(=O)OCc1ccccc1. The second kappa shape index (κ2) is 10.8. The van der Waals surface area contributed by atoms with Crippen molar-refractivity contribution in [3.05, 3.63) is 89.5 Å². The largest absolute Gasteiger partial charge is 0.481 e. The van der Waals surface area contributed by atoms with Crippen LogP contribution in [0.3, 0.4) is 0 Å². The third-order valence-electron chi connectivity index (χ3n) is 5.79. The molecule has 2 unspecified atom stereocenters. The first kappa shape index (κ1) is 26.0. The van der Waals surface area contributed by atoms with Gasteiger partial charge in [-0.25, -0.2) is 9.18 Å². The maximum absolute atomic E-state index is 14.9. The van der Waals surface area contributed by atoms with Crippen molar-refractivity contribution in [3.63, 3.8) is 0 Å². The highest BCUT2D eigenvalue weighted by Gasteiger charge is 2.59. The van der Waals surface area contributed by atoms with Crippen LogP contribution in [-0.4, -0.2) is 40.5 Å². The van der Waals surface area contributed by atoms with E-state index in [9.17, 15) is 27.2 Å². The van der Waals surface area contributed by atoms with E-state index in [-0.39, 0.29) is 18.7 Å². The normalized spacial score (nSPS) is 19.7. The zero-order valence-electron chi connectivity index (χ0n) is 19.0. The third-order valence-corrected chi connectivity index (χ3v) is 5.79. The van der Waals surface area contributed by atoms with Crippen LogP contribution in [0.15, 0.2) is 72.8 Å². The molecule has 2 aromatic carbocycles. The number of nitrogens with zero attached hydrogens (tertiary/aromatic N) is 1. The molecule has 35 heavy (non-hydrogen) atoms. The quantitative estimate of drug-likeness (QED) is 0.449. The summed E-state index contributed by atoms with van der Waals surface area (Å²) in [5.41, 5.74) is -1.66. The van der Waals surface area contributed by atoms with Crippen molar-refractivity contribution in [2.45, 2.75) is 38.3 Å². The minimum atomic E-state index is -5.27. The Bertz CT molecular complexity index is 1110. The van der Waals surface area contributed by atoms with Gasteiger partial charge in [-0.3, -0.25) is 4.79 Å². The minimum absolute atomic E-state index is 0.0819. The van der Waals surface area contributed by atoms with Crippen molar-refractivity contribution in [3.8, 4) is 0 Å². The lowest BCUT2D eigenvalue weighted by atomic mass is 9.78. The van der Waals surface area contributed by atoms with Gasteiger partial charge in [-0.2, -0.15) is 13.2 Å². The van der Waals surface area contributed by atoms with E-state index in [1.54, 1.807) is 31.2 Å². The number of rotatable bonds is 8. The molecule has 1 aliphatic carbocycles. The average Bonchev–Trinajstić information content (AvgIpc) is 2.82. The van der Waals surface area contributed by atoms with Gasteiger partial charge in [0.15, 0.2) is 0 Å². The van der Waals surface area contributed by atoms with Gasteiger partial charge in [-0.1, -0.05) is 66.7 Å². The van der Waals surface area contributed by atoms with Gasteiger partial charge in [-0.05, 0) is 35.3 Å². The molecule has 2 atom stereocenters. The highest BCUT2D eigenvalue weighted by atomic mass is 19.4. The first-order valence-electron chi connectivity index (χ1n) is 11.0. The van der Waals surface area contributed by atoms with E-state index < -0.39 is 36.2 Å². The number of allylic oxidation sites excluding steroid dienone is 4. The molecular weight excluding hydrogens is 466 g/mol. The fourth-order valence-corrected chi connectivity index (χ4v) is 3.87. The number of ether oxygens (including phenoxy) is 1.